The molecule has 23 heavy (non-hydrogen) atoms. The molecule has 0 aliphatic carbocycles. The minimum Gasteiger partial charge on any atom is -0.482 e. The predicted molar refractivity (Wildman–Crippen MR) is 80.6 cm³/mol. The Balaban J connectivity index is 2.06. The van der Waals surface area contributed by atoms with Gasteiger partial charge in [0.1, 0.15) is 17.4 Å². The molecule has 1 saturated heterocycles. The van der Waals surface area contributed by atoms with Crippen LogP contribution in [-0.2, 0) is 14.3 Å². The van der Waals surface area contributed by atoms with Gasteiger partial charge in [0.05, 0.1) is 13.2 Å². The van der Waals surface area contributed by atoms with Gasteiger partial charge in [-0.05, 0) is 23.8 Å². The molecule has 0 saturated carbocycles. The first kappa shape index (κ1) is 16.5. The molecule has 2 rings (SSSR count). The van der Waals surface area contributed by atoms with Crippen LogP contribution in [0.2, 0.25) is 0 Å². The molecule has 0 aromatic heterocycles. The highest BCUT2D eigenvalue weighted by Gasteiger charge is 2.20. The van der Waals surface area contributed by atoms with E-state index >= 15 is 0 Å². The van der Waals surface area contributed by atoms with Gasteiger partial charge < -0.3 is 19.5 Å². The number of hydrogen-bond donors (Lipinski definition) is 1. The number of carbonyl (C=O) groups is 2. The van der Waals surface area contributed by atoms with Crippen molar-refractivity contribution < 1.29 is 24.2 Å². The second kappa shape index (κ2) is 7.96. The fraction of sp³-hybridized carbons (Fsp3) is 0.312. The van der Waals surface area contributed by atoms with E-state index < -0.39 is 12.6 Å². The number of aliphatic carboxylic acids is 1. The highest BCUT2D eigenvalue weighted by Crippen LogP contribution is 2.15. The van der Waals surface area contributed by atoms with Crippen LogP contribution in [0.4, 0.5) is 0 Å². The third-order valence-electron chi connectivity index (χ3n) is 3.20. The second-order valence-electron chi connectivity index (χ2n) is 4.83. The van der Waals surface area contributed by atoms with Gasteiger partial charge in [0, 0.05) is 13.1 Å². The van der Waals surface area contributed by atoms with E-state index in [9.17, 15) is 14.9 Å². The molecule has 1 aliphatic rings. The van der Waals surface area contributed by atoms with Crippen LogP contribution >= 0.6 is 0 Å². The lowest BCUT2D eigenvalue weighted by Gasteiger charge is -2.26. The summed E-state index contributed by atoms with van der Waals surface area (Å²) in [6, 6.07) is 8.40. The molecule has 0 bridgehead atoms. The van der Waals surface area contributed by atoms with Crippen molar-refractivity contribution in [2.75, 3.05) is 32.9 Å². The molecule has 0 spiro atoms. The lowest BCUT2D eigenvalue weighted by Crippen LogP contribution is -2.41. The average Bonchev–Trinajstić information content (AvgIpc) is 2.59. The molecule has 1 aliphatic heterocycles. The van der Waals surface area contributed by atoms with Gasteiger partial charge in [0.2, 0.25) is 0 Å². The van der Waals surface area contributed by atoms with Gasteiger partial charge in [-0.2, -0.15) is 5.26 Å². The Morgan fingerprint density at radius 2 is 1.96 bits per heavy atom. The first-order valence-electron chi connectivity index (χ1n) is 7.03. The van der Waals surface area contributed by atoms with Crippen LogP contribution in [0.25, 0.3) is 6.08 Å². The summed E-state index contributed by atoms with van der Waals surface area (Å²) >= 11 is 0. The molecular formula is C16H16N2O5. The number of rotatable bonds is 5. The smallest absolute Gasteiger partial charge is 0.341 e. The average molecular weight is 316 g/mol. The van der Waals surface area contributed by atoms with Crippen molar-refractivity contribution >= 4 is 18.0 Å². The summed E-state index contributed by atoms with van der Waals surface area (Å²) in [7, 11) is 0. The van der Waals surface area contributed by atoms with Gasteiger partial charge >= 0.3 is 5.97 Å². The number of nitrogens with zero attached hydrogens (tertiary/aromatic N) is 2. The Bertz CT molecular complexity index is 639. The standard InChI is InChI=1S/C16H16N2O5/c17-10-13(16(21)18-5-7-22-8-6-18)9-12-1-3-14(4-2-12)23-11-15(19)20/h1-4,9H,5-8,11H2,(H,19,20)/b13-9+. The fourth-order valence-electron chi connectivity index (χ4n) is 2.05. The van der Waals surface area contributed by atoms with Crippen molar-refractivity contribution in [2.24, 2.45) is 0 Å². The minimum absolute atomic E-state index is 0.0473. The van der Waals surface area contributed by atoms with Crippen molar-refractivity contribution in [3.63, 3.8) is 0 Å². The zero-order chi connectivity index (χ0) is 16.7. The fourth-order valence-corrected chi connectivity index (χ4v) is 2.05. The monoisotopic (exact) mass is 316 g/mol. The molecule has 1 amide bonds. The molecule has 0 unspecified atom stereocenters. The number of nitriles is 1. The Morgan fingerprint density at radius 3 is 2.52 bits per heavy atom. The van der Waals surface area contributed by atoms with Crippen molar-refractivity contribution in [3.8, 4) is 11.8 Å². The van der Waals surface area contributed by atoms with E-state index in [-0.39, 0.29) is 11.5 Å². The van der Waals surface area contributed by atoms with Gasteiger partial charge in [0.25, 0.3) is 5.91 Å². The summed E-state index contributed by atoms with van der Waals surface area (Å²) in [4.78, 5) is 24.3. The first-order chi connectivity index (χ1) is 11.1. The van der Waals surface area contributed by atoms with Gasteiger partial charge in [-0.1, -0.05) is 12.1 Å². The molecular weight excluding hydrogens is 300 g/mol. The third-order valence-corrected chi connectivity index (χ3v) is 3.20. The molecule has 1 fully saturated rings. The van der Waals surface area contributed by atoms with Gasteiger partial charge in [-0.3, -0.25) is 4.79 Å². The molecule has 0 radical (unpaired) electrons. The van der Waals surface area contributed by atoms with Gasteiger partial charge in [0.15, 0.2) is 6.61 Å². The summed E-state index contributed by atoms with van der Waals surface area (Å²) in [6.45, 7) is 1.47. The maximum absolute atomic E-state index is 12.3. The highest BCUT2D eigenvalue weighted by molar-refractivity contribution is 6.01. The van der Waals surface area contributed by atoms with Crippen LogP contribution in [-0.4, -0.2) is 54.8 Å². The number of morpholine rings is 1. The van der Waals surface area contributed by atoms with Crippen LogP contribution in [0.1, 0.15) is 5.56 Å². The van der Waals surface area contributed by atoms with Crippen LogP contribution in [0.3, 0.4) is 0 Å². The maximum Gasteiger partial charge on any atom is 0.341 e. The summed E-state index contributed by atoms with van der Waals surface area (Å²) in [6.07, 6.45) is 1.50. The summed E-state index contributed by atoms with van der Waals surface area (Å²) in [5, 5.41) is 17.7. The molecule has 1 aromatic rings. The summed E-state index contributed by atoms with van der Waals surface area (Å²) < 4.78 is 10.2. The molecule has 1 heterocycles. The molecule has 1 aromatic carbocycles. The summed E-state index contributed by atoms with van der Waals surface area (Å²) in [5.74, 6) is -0.971. The Hall–Kier alpha value is -2.85. The van der Waals surface area contributed by atoms with Crippen molar-refractivity contribution in [1.29, 1.82) is 5.26 Å². The predicted octanol–water partition coefficient (Wildman–Crippen LogP) is 0.916. The topological polar surface area (TPSA) is 99.9 Å². The Kier molecular flexibility index (Phi) is 5.72. The van der Waals surface area contributed by atoms with Crippen LogP contribution in [0, 0.1) is 11.3 Å². The highest BCUT2D eigenvalue weighted by atomic mass is 16.5. The molecule has 0 atom stereocenters. The lowest BCUT2D eigenvalue weighted by atomic mass is 10.1. The van der Waals surface area contributed by atoms with E-state index in [2.05, 4.69) is 0 Å². The van der Waals surface area contributed by atoms with E-state index in [0.29, 0.717) is 37.6 Å². The van der Waals surface area contributed by atoms with E-state index in [1.807, 2.05) is 6.07 Å². The van der Waals surface area contributed by atoms with E-state index in [1.165, 1.54) is 6.08 Å². The molecule has 120 valence electrons. The summed E-state index contributed by atoms with van der Waals surface area (Å²) in [5.41, 5.74) is 0.705. The number of hydrogen-bond acceptors (Lipinski definition) is 5. The number of carboxylic acids is 1. The van der Waals surface area contributed by atoms with E-state index in [1.54, 1.807) is 29.2 Å². The quantitative estimate of drug-likeness (QED) is 0.640. The second-order valence-corrected chi connectivity index (χ2v) is 4.83. The minimum atomic E-state index is -1.06. The number of carbonyl (C=O) groups excluding carboxylic acids is 1. The van der Waals surface area contributed by atoms with Crippen LogP contribution in [0.5, 0.6) is 5.75 Å². The Labute approximate surface area is 133 Å². The number of carboxylic acid groups (broad SMARTS) is 1. The van der Waals surface area contributed by atoms with Gasteiger partial charge in [-0.15, -0.1) is 0 Å². The molecule has 1 N–H and O–H groups in total. The maximum atomic E-state index is 12.3. The molecule has 7 nitrogen and oxygen atoms in total. The van der Waals surface area contributed by atoms with Crippen molar-refractivity contribution in [1.82, 2.24) is 4.90 Å². The lowest BCUT2D eigenvalue weighted by molar-refractivity contribution is -0.139. The largest absolute Gasteiger partial charge is 0.482 e. The number of benzene rings is 1. The van der Waals surface area contributed by atoms with E-state index in [4.69, 9.17) is 14.6 Å². The third kappa shape index (κ3) is 4.83. The number of ether oxygens (including phenoxy) is 2. The molecule has 7 heteroatoms. The van der Waals surface area contributed by atoms with E-state index in [0.717, 1.165) is 0 Å². The normalized spacial score (nSPS) is 14.9. The Morgan fingerprint density at radius 1 is 1.30 bits per heavy atom. The van der Waals surface area contributed by atoms with Crippen molar-refractivity contribution in [2.45, 2.75) is 0 Å². The van der Waals surface area contributed by atoms with Crippen molar-refractivity contribution in [3.05, 3.63) is 35.4 Å². The zero-order valence-corrected chi connectivity index (χ0v) is 12.4. The first-order valence-corrected chi connectivity index (χ1v) is 7.03. The number of amides is 1. The SMILES string of the molecule is N#C/C(=C\c1ccc(OCC(=O)O)cc1)C(=O)N1CCOCC1. The van der Waals surface area contributed by atoms with Crippen LogP contribution in [0.15, 0.2) is 29.8 Å². The van der Waals surface area contributed by atoms with Crippen LogP contribution < -0.4 is 4.74 Å². The van der Waals surface area contributed by atoms with Gasteiger partial charge in [-0.25, -0.2) is 4.79 Å². The zero-order valence-electron chi connectivity index (χ0n) is 12.4.